The summed E-state index contributed by atoms with van der Waals surface area (Å²) < 4.78 is 12.7. The Morgan fingerprint density at radius 2 is 2.06 bits per heavy atom. The molecule has 0 atom stereocenters. The van der Waals surface area contributed by atoms with Gasteiger partial charge in [-0.3, -0.25) is 0 Å². The zero-order valence-corrected chi connectivity index (χ0v) is 9.75. The lowest BCUT2D eigenvalue weighted by atomic mass is 9.84. The first kappa shape index (κ1) is 11.4. The number of aromatic nitrogens is 1. The van der Waals surface area contributed by atoms with Gasteiger partial charge < -0.3 is 5.32 Å². The van der Waals surface area contributed by atoms with Gasteiger partial charge in [-0.1, -0.05) is 13.3 Å². The molecule has 1 heterocycles. The van der Waals surface area contributed by atoms with E-state index in [4.69, 9.17) is 0 Å². The molecule has 0 amide bonds. The summed E-state index contributed by atoms with van der Waals surface area (Å²) in [7, 11) is 0. The van der Waals surface area contributed by atoms with Crippen LogP contribution in [-0.2, 0) is 0 Å². The number of hydrogen-bond acceptors (Lipinski definition) is 2. The average molecular weight is 222 g/mol. The van der Waals surface area contributed by atoms with E-state index in [1.807, 2.05) is 0 Å². The van der Waals surface area contributed by atoms with Gasteiger partial charge >= 0.3 is 0 Å². The summed E-state index contributed by atoms with van der Waals surface area (Å²) in [5, 5.41) is 3.37. The van der Waals surface area contributed by atoms with E-state index in [0.717, 1.165) is 11.7 Å². The molecule has 1 fully saturated rings. The van der Waals surface area contributed by atoms with Gasteiger partial charge in [0.05, 0.1) is 6.20 Å². The topological polar surface area (TPSA) is 24.9 Å². The van der Waals surface area contributed by atoms with Crippen molar-refractivity contribution >= 4 is 5.82 Å². The Kier molecular flexibility index (Phi) is 3.75. The van der Waals surface area contributed by atoms with Crippen LogP contribution in [0.3, 0.4) is 0 Å². The fourth-order valence-corrected chi connectivity index (χ4v) is 2.39. The quantitative estimate of drug-likeness (QED) is 0.845. The minimum absolute atomic E-state index is 0.278. The van der Waals surface area contributed by atoms with Crippen LogP contribution in [0.1, 0.15) is 39.0 Å². The third-order valence-electron chi connectivity index (χ3n) is 3.50. The second-order valence-electron chi connectivity index (χ2n) is 4.63. The molecular formula is C13H19FN2. The van der Waals surface area contributed by atoms with Crippen molar-refractivity contribution in [1.29, 1.82) is 0 Å². The van der Waals surface area contributed by atoms with Crippen molar-refractivity contribution in [1.82, 2.24) is 4.98 Å². The summed E-state index contributed by atoms with van der Waals surface area (Å²) in [6.07, 6.45) is 7.57. The molecule has 16 heavy (non-hydrogen) atoms. The number of anilines is 1. The van der Waals surface area contributed by atoms with Crippen molar-refractivity contribution in [3.8, 4) is 0 Å². The lowest BCUT2D eigenvalue weighted by Gasteiger charge is -2.28. The summed E-state index contributed by atoms with van der Waals surface area (Å²) in [6, 6.07) is 3.68. The van der Waals surface area contributed by atoms with Crippen LogP contribution in [0.15, 0.2) is 18.3 Å². The lowest BCUT2D eigenvalue weighted by Crippen LogP contribution is -2.26. The Morgan fingerprint density at radius 1 is 1.31 bits per heavy atom. The molecule has 1 aromatic heterocycles. The van der Waals surface area contributed by atoms with Crippen LogP contribution in [-0.4, -0.2) is 11.0 Å². The highest BCUT2D eigenvalue weighted by atomic mass is 19.1. The predicted octanol–water partition coefficient (Wildman–Crippen LogP) is 3.60. The first-order valence-electron chi connectivity index (χ1n) is 6.16. The first-order valence-corrected chi connectivity index (χ1v) is 6.16. The van der Waals surface area contributed by atoms with Gasteiger partial charge in [-0.2, -0.15) is 0 Å². The Labute approximate surface area is 96.3 Å². The number of nitrogens with zero attached hydrogens (tertiary/aromatic N) is 1. The molecule has 0 aromatic carbocycles. The van der Waals surface area contributed by atoms with Crippen molar-refractivity contribution in [3.63, 3.8) is 0 Å². The van der Waals surface area contributed by atoms with Gasteiger partial charge in [0.25, 0.3) is 0 Å². The largest absolute Gasteiger partial charge is 0.367 e. The molecule has 0 radical (unpaired) electrons. The Morgan fingerprint density at radius 3 is 2.62 bits per heavy atom. The second-order valence-corrected chi connectivity index (χ2v) is 4.63. The maximum absolute atomic E-state index is 12.7. The Balaban J connectivity index is 1.84. The van der Waals surface area contributed by atoms with Crippen molar-refractivity contribution in [2.75, 3.05) is 5.32 Å². The molecule has 1 saturated carbocycles. The molecule has 88 valence electrons. The molecule has 0 saturated heterocycles. The van der Waals surface area contributed by atoms with E-state index in [0.29, 0.717) is 6.04 Å². The molecule has 0 unspecified atom stereocenters. The van der Waals surface area contributed by atoms with Crippen LogP contribution in [0.5, 0.6) is 0 Å². The van der Waals surface area contributed by atoms with Gasteiger partial charge in [-0.05, 0) is 43.7 Å². The van der Waals surface area contributed by atoms with Crippen LogP contribution in [0, 0.1) is 11.7 Å². The molecule has 1 aromatic rings. The number of hydrogen-bond donors (Lipinski definition) is 1. The van der Waals surface area contributed by atoms with Crippen LogP contribution in [0.25, 0.3) is 0 Å². The smallest absolute Gasteiger partial charge is 0.141 e. The van der Waals surface area contributed by atoms with Gasteiger partial charge in [0.15, 0.2) is 0 Å². The second kappa shape index (κ2) is 5.28. The van der Waals surface area contributed by atoms with Crippen LogP contribution >= 0.6 is 0 Å². The van der Waals surface area contributed by atoms with Gasteiger partial charge in [-0.15, -0.1) is 0 Å². The minimum atomic E-state index is -0.278. The van der Waals surface area contributed by atoms with Crippen molar-refractivity contribution in [2.45, 2.75) is 45.1 Å². The molecule has 0 aliphatic heterocycles. The summed E-state index contributed by atoms with van der Waals surface area (Å²) in [5.41, 5.74) is 0. The van der Waals surface area contributed by atoms with Crippen LogP contribution in [0.4, 0.5) is 10.2 Å². The third kappa shape index (κ3) is 2.94. The predicted molar refractivity (Wildman–Crippen MR) is 63.9 cm³/mol. The zero-order valence-electron chi connectivity index (χ0n) is 9.75. The highest BCUT2D eigenvalue weighted by molar-refractivity contribution is 5.34. The van der Waals surface area contributed by atoms with Crippen molar-refractivity contribution < 1.29 is 4.39 Å². The van der Waals surface area contributed by atoms with Gasteiger partial charge in [0.2, 0.25) is 0 Å². The maximum Gasteiger partial charge on any atom is 0.141 e. The van der Waals surface area contributed by atoms with Crippen molar-refractivity contribution in [3.05, 3.63) is 24.1 Å². The van der Waals surface area contributed by atoms with E-state index < -0.39 is 0 Å². The van der Waals surface area contributed by atoms with Crippen LogP contribution < -0.4 is 5.32 Å². The fraction of sp³-hybridized carbons (Fsp3) is 0.615. The van der Waals surface area contributed by atoms with E-state index >= 15 is 0 Å². The molecule has 1 aliphatic rings. The monoisotopic (exact) mass is 222 g/mol. The molecule has 1 aliphatic carbocycles. The molecule has 2 nitrogen and oxygen atoms in total. The van der Waals surface area contributed by atoms with E-state index in [9.17, 15) is 4.39 Å². The summed E-state index contributed by atoms with van der Waals surface area (Å²) in [6.45, 7) is 2.26. The van der Waals surface area contributed by atoms with Gasteiger partial charge in [0, 0.05) is 6.04 Å². The summed E-state index contributed by atoms with van der Waals surface area (Å²) >= 11 is 0. The third-order valence-corrected chi connectivity index (χ3v) is 3.50. The van der Waals surface area contributed by atoms with E-state index in [2.05, 4.69) is 17.2 Å². The molecule has 2 rings (SSSR count). The summed E-state index contributed by atoms with van der Waals surface area (Å²) in [4.78, 5) is 4.03. The highest BCUT2D eigenvalue weighted by Crippen LogP contribution is 2.27. The maximum atomic E-state index is 12.7. The van der Waals surface area contributed by atoms with E-state index in [-0.39, 0.29) is 5.82 Å². The number of nitrogens with one attached hydrogen (secondary N) is 1. The molecule has 1 N–H and O–H groups in total. The SMILES string of the molecule is CCC1CCC(Nc2ccc(F)cn2)CC1. The van der Waals surface area contributed by atoms with E-state index in [1.165, 1.54) is 44.4 Å². The van der Waals surface area contributed by atoms with Gasteiger partial charge in [-0.25, -0.2) is 9.37 Å². The summed E-state index contributed by atoms with van der Waals surface area (Å²) in [5.74, 6) is 1.42. The Bertz CT molecular complexity index is 315. The van der Waals surface area contributed by atoms with Crippen molar-refractivity contribution in [2.24, 2.45) is 5.92 Å². The fourth-order valence-electron chi connectivity index (χ4n) is 2.39. The number of halogens is 1. The first-order chi connectivity index (χ1) is 7.78. The molecule has 3 heteroatoms. The standard InChI is InChI=1S/C13H19FN2/c1-2-10-3-6-12(7-4-10)16-13-8-5-11(14)9-15-13/h5,8-10,12H,2-4,6-7H2,1H3,(H,15,16). The van der Waals surface area contributed by atoms with E-state index in [1.54, 1.807) is 6.07 Å². The lowest BCUT2D eigenvalue weighted by molar-refractivity contribution is 0.330. The number of rotatable bonds is 3. The molecule has 0 bridgehead atoms. The highest BCUT2D eigenvalue weighted by Gasteiger charge is 2.19. The average Bonchev–Trinajstić information content (AvgIpc) is 2.33. The van der Waals surface area contributed by atoms with Crippen LogP contribution in [0.2, 0.25) is 0 Å². The molecular weight excluding hydrogens is 203 g/mol. The minimum Gasteiger partial charge on any atom is -0.367 e. The molecule has 0 spiro atoms. The number of pyridine rings is 1. The van der Waals surface area contributed by atoms with Gasteiger partial charge in [0.1, 0.15) is 11.6 Å². The normalized spacial score (nSPS) is 25.4. The Hall–Kier alpha value is -1.12. The zero-order chi connectivity index (χ0) is 11.4.